The fourth-order valence-electron chi connectivity index (χ4n) is 3.10. The van der Waals surface area contributed by atoms with Crippen LogP contribution in [0.5, 0.6) is 11.5 Å². The predicted molar refractivity (Wildman–Crippen MR) is 113 cm³/mol. The van der Waals surface area contributed by atoms with Crippen molar-refractivity contribution in [2.75, 3.05) is 18.7 Å². The minimum Gasteiger partial charge on any atom is -0.454 e. The SMILES string of the molecule is CC(OC(=O)CNC(=O)c1ccc2c(c1)OCO2)C(=O)Nc1ccc2ccccc2c1. The van der Waals surface area contributed by atoms with Gasteiger partial charge in [0.05, 0.1) is 0 Å². The molecule has 3 aromatic rings. The van der Waals surface area contributed by atoms with E-state index in [4.69, 9.17) is 14.2 Å². The van der Waals surface area contributed by atoms with Crippen LogP contribution in [0.25, 0.3) is 10.8 Å². The number of nitrogens with one attached hydrogen (secondary N) is 2. The molecule has 3 aromatic carbocycles. The summed E-state index contributed by atoms with van der Waals surface area (Å²) in [6.07, 6.45) is -1.03. The molecule has 8 nitrogen and oxygen atoms in total. The zero-order valence-electron chi connectivity index (χ0n) is 16.7. The second kappa shape index (κ2) is 8.74. The number of carbonyl (C=O) groups excluding carboxylic acids is 3. The van der Waals surface area contributed by atoms with E-state index in [9.17, 15) is 14.4 Å². The third-order valence-corrected chi connectivity index (χ3v) is 4.72. The Balaban J connectivity index is 1.27. The highest BCUT2D eigenvalue weighted by Crippen LogP contribution is 2.32. The van der Waals surface area contributed by atoms with Gasteiger partial charge in [0.1, 0.15) is 6.54 Å². The number of ether oxygens (including phenoxy) is 3. The lowest BCUT2D eigenvalue weighted by atomic mass is 10.1. The molecule has 8 heteroatoms. The van der Waals surface area contributed by atoms with Crippen LogP contribution in [-0.2, 0) is 14.3 Å². The van der Waals surface area contributed by atoms with Gasteiger partial charge in [-0.2, -0.15) is 0 Å². The van der Waals surface area contributed by atoms with Crippen LogP contribution in [0.3, 0.4) is 0 Å². The first-order valence-electron chi connectivity index (χ1n) is 9.66. The van der Waals surface area contributed by atoms with Gasteiger partial charge in [0, 0.05) is 11.3 Å². The number of anilines is 1. The summed E-state index contributed by atoms with van der Waals surface area (Å²) >= 11 is 0. The third kappa shape index (κ3) is 4.75. The first-order chi connectivity index (χ1) is 15.0. The Morgan fingerprint density at radius 1 is 0.968 bits per heavy atom. The van der Waals surface area contributed by atoms with Gasteiger partial charge in [-0.05, 0) is 48.0 Å². The quantitative estimate of drug-likeness (QED) is 0.595. The zero-order valence-corrected chi connectivity index (χ0v) is 16.7. The topological polar surface area (TPSA) is 103 Å². The Bertz CT molecular complexity index is 1160. The maximum Gasteiger partial charge on any atom is 0.326 e. The molecule has 158 valence electrons. The lowest BCUT2D eigenvalue weighted by Crippen LogP contribution is -2.35. The van der Waals surface area contributed by atoms with Gasteiger partial charge in [-0.1, -0.05) is 30.3 Å². The molecule has 1 unspecified atom stereocenters. The van der Waals surface area contributed by atoms with E-state index in [0.29, 0.717) is 22.7 Å². The van der Waals surface area contributed by atoms with E-state index in [2.05, 4.69) is 10.6 Å². The molecule has 0 radical (unpaired) electrons. The van der Waals surface area contributed by atoms with Crippen molar-refractivity contribution in [1.82, 2.24) is 5.32 Å². The van der Waals surface area contributed by atoms with Gasteiger partial charge in [-0.3, -0.25) is 14.4 Å². The van der Waals surface area contributed by atoms with Crippen molar-refractivity contribution >= 4 is 34.2 Å². The smallest absolute Gasteiger partial charge is 0.326 e. The summed E-state index contributed by atoms with van der Waals surface area (Å²) < 4.78 is 15.5. The molecular formula is C23H20N2O6. The highest BCUT2D eigenvalue weighted by atomic mass is 16.7. The molecule has 2 N–H and O–H groups in total. The van der Waals surface area contributed by atoms with Gasteiger partial charge >= 0.3 is 5.97 Å². The largest absolute Gasteiger partial charge is 0.454 e. The zero-order chi connectivity index (χ0) is 21.8. The van der Waals surface area contributed by atoms with Crippen LogP contribution in [0.2, 0.25) is 0 Å². The van der Waals surface area contributed by atoms with Crippen LogP contribution in [0, 0.1) is 0 Å². The number of fused-ring (bicyclic) bond motifs is 2. The minimum atomic E-state index is -1.03. The second-order valence-corrected chi connectivity index (χ2v) is 6.93. The Morgan fingerprint density at radius 3 is 2.58 bits per heavy atom. The highest BCUT2D eigenvalue weighted by Gasteiger charge is 2.20. The van der Waals surface area contributed by atoms with Crippen molar-refractivity contribution in [3.05, 3.63) is 66.2 Å². The molecule has 0 saturated heterocycles. The number of hydrogen-bond acceptors (Lipinski definition) is 6. The number of rotatable bonds is 6. The van der Waals surface area contributed by atoms with Crippen molar-refractivity contribution in [2.24, 2.45) is 0 Å². The van der Waals surface area contributed by atoms with E-state index >= 15 is 0 Å². The van der Waals surface area contributed by atoms with Gasteiger partial charge in [0.2, 0.25) is 6.79 Å². The molecule has 1 aliphatic heterocycles. The van der Waals surface area contributed by atoms with Crippen LogP contribution in [0.1, 0.15) is 17.3 Å². The summed E-state index contributed by atoms with van der Waals surface area (Å²) in [5, 5.41) is 7.22. The Hall–Kier alpha value is -4.07. The number of amides is 2. The fraction of sp³-hybridized carbons (Fsp3) is 0.174. The van der Waals surface area contributed by atoms with Gasteiger partial charge in [-0.25, -0.2) is 0 Å². The average Bonchev–Trinajstić information content (AvgIpc) is 3.25. The van der Waals surface area contributed by atoms with E-state index in [1.54, 1.807) is 18.2 Å². The van der Waals surface area contributed by atoms with Crippen LogP contribution in [0.15, 0.2) is 60.7 Å². The number of carbonyl (C=O) groups is 3. The van der Waals surface area contributed by atoms with E-state index < -0.39 is 23.9 Å². The summed E-state index contributed by atoms with van der Waals surface area (Å²) in [6.45, 7) is 1.20. The van der Waals surface area contributed by atoms with Gasteiger partial charge in [0.15, 0.2) is 17.6 Å². The van der Waals surface area contributed by atoms with Crippen LogP contribution < -0.4 is 20.1 Å². The Labute approximate surface area is 178 Å². The molecule has 1 heterocycles. The summed E-state index contributed by atoms with van der Waals surface area (Å²) in [5.41, 5.74) is 0.918. The van der Waals surface area contributed by atoms with E-state index in [0.717, 1.165) is 10.8 Å². The molecule has 4 rings (SSSR count). The van der Waals surface area contributed by atoms with E-state index in [1.165, 1.54) is 13.0 Å². The molecule has 31 heavy (non-hydrogen) atoms. The standard InChI is InChI=1S/C23H20N2O6/c1-14(22(27)25-18-8-6-15-4-2-3-5-16(15)10-18)31-21(26)12-24-23(28)17-7-9-19-20(11-17)30-13-29-19/h2-11,14H,12-13H2,1H3,(H,24,28)(H,25,27). The maximum atomic E-state index is 12.4. The summed E-state index contributed by atoms with van der Waals surface area (Å²) in [5.74, 6) is -0.638. The molecule has 0 aliphatic carbocycles. The monoisotopic (exact) mass is 420 g/mol. The molecule has 0 saturated carbocycles. The number of esters is 1. The molecule has 2 amide bonds. The normalized spacial score (nSPS) is 12.8. The molecule has 0 aromatic heterocycles. The fourth-order valence-corrected chi connectivity index (χ4v) is 3.10. The van der Waals surface area contributed by atoms with E-state index in [1.807, 2.05) is 36.4 Å². The molecular weight excluding hydrogens is 400 g/mol. The van der Waals surface area contributed by atoms with Crippen molar-refractivity contribution in [3.63, 3.8) is 0 Å². The molecule has 0 fully saturated rings. The van der Waals surface area contributed by atoms with Crippen molar-refractivity contribution < 1.29 is 28.6 Å². The average molecular weight is 420 g/mol. The Kier molecular flexibility index (Phi) is 5.70. The number of benzene rings is 3. The molecule has 0 bridgehead atoms. The molecule has 1 atom stereocenters. The molecule has 0 spiro atoms. The van der Waals surface area contributed by atoms with Gasteiger partial charge in [0.25, 0.3) is 11.8 Å². The lowest BCUT2D eigenvalue weighted by Gasteiger charge is -2.14. The van der Waals surface area contributed by atoms with Crippen LogP contribution >= 0.6 is 0 Å². The predicted octanol–water partition coefficient (Wildman–Crippen LogP) is 2.87. The third-order valence-electron chi connectivity index (χ3n) is 4.72. The van der Waals surface area contributed by atoms with Crippen LogP contribution in [0.4, 0.5) is 5.69 Å². The maximum absolute atomic E-state index is 12.4. The molecule has 1 aliphatic rings. The lowest BCUT2D eigenvalue weighted by molar-refractivity contribution is -0.152. The number of hydrogen-bond donors (Lipinski definition) is 2. The summed E-state index contributed by atoms with van der Waals surface area (Å²) in [7, 11) is 0. The summed E-state index contributed by atoms with van der Waals surface area (Å²) in [6, 6.07) is 18.0. The van der Waals surface area contributed by atoms with Gasteiger partial charge in [-0.15, -0.1) is 0 Å². The van der Waals surface area contributed by atoms with E-state index in [-0.39, 0.29) is 13.3 Å². The first kappa shape index (κ1) is 20.2. The second-order valence-electron chi connectivity index (χ2n) is 6.93. The highest BCUT2D eigenvalue weighted by molar-refractivity contribution is 5.98. The first-order valence-corrected chi connectivity index (χ1v) is 9.66. The van der Waals surface area contributed by atoms with Crippen molar-refractivity contribution in [1.29, 1.82) is 0 Å². The van der Waals surface area contributed by atoms with Crippen LogP contribution in [-0.4, -0.2) is 37.2 Å². The van der Waals surface area contributed by atoms with Crippen molar-refractivity contribution in [3.8, 4) is 11.5 Å². The minimum absolute atomic E-state index is 0.103. The summed E-state index contributed by atoms with van der Waals surface area (Å²) in [4.78, 5) is 36.6. The van der Waals surface area contributed by atoms with Crippen molar-refractivity contribution in [2.45, 2.75) is 13.0 Å². The Morgan fingerprint density at radius 2 is 1.74 bits per heavy atom. The van der Waals surface area contributed by atoms with Gasteiger partial charge < -0.3 is 24.8 Å².